The van der Waals surface area contributed by atoms with E-state index in [1.807, 2.05) is 24.9 Å². The fraction of sp³-hybridized carbons (Fsp3) is 0.286. The number of fused-ring (bicyclic) bond motifs is 1. The summed E-state index contributed by atoms with van der Waals surface area (Å²) in [6.45, 7) is 3.94. The number of hydrogen-bond donors (Lipinski definition) is 1. The van der Waals surface area contributed by atoms with Crippen molar-refractivity contribution in [1.82, 2.24) is 19.7 Å². The molecule has 0 spiro atoms. The molecule has 8 heteroatoms. The fourth-order valence-corrected chi connectivity index (χ4v) is 3.82. The van der Waals surface area contributed by atoms with Crippen LogP contribution in [0.2, 0.25) is 0 Å². The lowest BCUT2D eigenvalue weighted by Gasteiger charge is -2.30. The second-order valence-electron chi connectivity index (χ2n) is 7.33. The molecule has 0 bridgehead atoms. The molecule has 0 radical (unpaired) electrons. The van der Waals surface area contributed by atoms with Crippen LogP contribution in [-0.4, -0.2) is 32.1 Å². The van der Waals surface area contributed by atoms with Crippen LogP contribution in [0.4, 0.5) is 8.78 Å². The summed E-state index contributed by atoms with van der Waals surface area (Å²) < 4.78 is 29.7. The number of pyridine rings is 1. The van der Waals surface area contributed by atoms with Crippen molar-refractivity contribution < 1.29 is 13.6 Å². The number of carbonyl (C=O) groups is 1. The molecule has 0 aliphatic carbocycles. The van der Waals surface area contributed by atoms with Crippen molar-refractivity contribution in [2.45, 2.75) is 26.4 Å². The van der Waals surface area contributed by atoms with Gasteiger partial charge in [-0.2, -0.15) is 5.10 Å². The molecule has 29 heavy (non-hydrogen) atoms. The Kier molecular flexibility index (Phi) is 4.87. The zero-order chi connectivity index (χ0) is 20.7. The van der Waals surface area contributed by atoms with E-state index >= 15 is 0 Å². The molecule has 150 valence electrons. The summed E-state index contributed by atoms with van der Waals surface area (Å²) in [5.74, 6) is -2.01. The Morgan fingerprint density at radius 1 is 1.24 bits per heavy atom. The second kappa shape index (κ2) is 7.36. The molecular weight excluding hydrogens is 376 g/mol. The molecule has 0 atom stereocenters. The van der Waals surface area contributed by atoms with E-state index in [9.17, 15) is 13.6 Å². The largest absolute Gasteiger partial charge is 0.364 e. The van der Waals surface area contributed by atoms with Crippen LogP contribution in [0, 0.1) is 18.6 Å². The van der Waals surface area contributed by atoms with Gasteiger partial charge in [-0.1, -0.05) is 0 Å². The molecule has 2 N–H and O–H groups in total. The molecule has 3 heterocycles. The van der Waals surface area contributed by atoms with Gasteiger partial charge in [-0.3, -0.25) is 14.4 Å². The van der Waals surface area contributed by atoms with Gasteiger partial charge in [0.1, 0.15) is 17.3 Å². The van der Waals surface area contributed by atoms with Crippen molar-refractivity contribution in [2.24, 2.45) is 12.8 Å². The lowest BCUT2D eigenvalue weighted by molar-refractivity contribution is 0.0994. The van der Waals surface area contributed by atoms with Crippen LogP contribution in [-0.2, 0) is 26.6 Å². The molecule has 4 rings (SSSR count). The number of benzene rings is 1. The van der Waals surface area contributed by atoms with Crippen molar-refractivity contribution >= 4 is 5.91 Å². The van der Waals surface area contributed by atoms with Gasteiger partial charge in [0.05, 0.1) is 17.6 Å². The van der Waals surface area contributed by atoms with E-state index in [1.165, 1.54) is 18.2 Å². The van der Waals surface area contributed by atoms with Crippen LogP contribution in [0.5, 0.6) is 0 Å². The molecule has 0 fully saturated rings. The number of halogens is 2. The summed E-state index contributed by atoms with van der Waals surface area (Å²) in [5.41, 5.74) is 10.1. The highest BCUT2D eigenvalue weighted by atomic mass is 19.1. The molecule has 6 nitrogen and oxygen atoms in total. The number of carbonyl (C=O) groups excluding carboxylic acids is 1. The Balaban J connectivity index is 1.74. The highest BCUT2D eigenvalue weighted by Gasteiger charge is 2.25. The van der Waals surface area contributed by atoms with Crippen molar-refractivity contribution in [2.75, 3.05) is 6.54 Å². The zero-order valence-corrected chi connectivity index (χ0v) is 16.2. The Morgan fingerprint density at radius 3 is 2.69 bits per heavy atom. The minimum absolute atomic E-state index is 0.0704. The monoisotopic (exact) mass is 397 g/mol. The third kappa shape index (κ3) is 3.63. The second-order valence-corrected chi connectivity index (χ2v) is 7.33. The van der Waals surface area contributed by atoms with Gasteiger partial charge in [0, 0.05) is 38.3 Å². The van der Waals surface area contributed by atoms with E-state index in [0.29, 0.717) is 30.8 Å². The molecule has 3 aromatic rings. The van der Waals surface area contributed by atoms with Gasteiger partial charge in [0.15, 0.2) is 0 Å². The Labute approximate surface area is 167 Å². The summed E-state index contributed by atoms with van der Waals surface area (Å²) in [6, 6.07) is 4.93. The minimum Gasteiger partial charge on any atom is -0.364 e. The van der Waals surface area contributed by atoms with Crippen molar-refractivity contribution in [3.05, 3.63) is 70.3 Å². The van der Waals surface area contributed by atoms with E-state index in [1.54, 1.807) is 0 Å². The Morgan fingerprint density at radius 2 is 2.03 bits per heavy atom. The van der Waals surface area contributed by atoms with Crippen LogP contribution in [0.25, 0.3) is 11.1 Å². The standard InChI is InChI=1S/C21H21F2N5O/c1-12-9-25-27(2)20(12)11-28-6-5-15-16(14-4-3-13(22)7-17(14)23)8-18(21(24)29)26-19(15)10-28/h3-4,7-9H,5-6,10-11H2,1-2H3,(H2,24,29). The van der Waals surface area contributed by atoms with Crippen LogP contribution < -0.4 is 5.73 Å². The third-order valence-electron chi connectivity index (χ3n) is 5.38. The van der Waals surface area contributed by atoms with Gasteiger partial charge >= 0.3 is 0 Å². The number of amides is 1. The molecule has 0 unspecified atom stereocenters. The number of nitrogens with two attached hydrogens (primary N) is 1. The molecule has 1 aliphatic heterocycles. The summed E-state index contributed by atoms with van der Waals surface area (Å²) in [5, 5.41) is 4.27. The first-order chi connectivity index (χ1) is 13.8. The number of nitrogens with zero attached hydrogens (tertiary/aromatic N) is 4. The topological polar surface area (TPSA) is 77.0 Å². The number of aromatic nitrogens is 3. The minimum atomic E-state index is -0.684. The molecular formula is C21H21F2N5O. The quantitative estimate of drug-likeness (QED) is 0.734. The van der Waals surface area contributed by atoms with Crippen LogP contribution in [0.3, 0.4) is 0 Å². The average molecular weight is 397 g/mol. The van der Waals surface area contributed by atoms with E-state index in [2.05, 4.69) is 15.0 Å². The van der Waals surface area contributed by atoms with E-state index in [0.717, 1.165) is 29.4 Å². The normalized spacial score (nSPS) is 14.1. The highest BCUT2D eigenvalue weighted by Crippen LogP contribution is 2.32. The van der Waals surface area contributed by atoms with Gasteiger partial charge in [0.2, 0.25) is 0 Å². The Bertz CT molecular complexity index is 1090. The van der Waals surface area contributed by atoms with Gasteiger partial charge < -0.3 is 5.73 Å². The lowest BCUT2D eigenvalue weighted by Crippen LogP contribution is -2.33. The number of hydrogen-bond acceptors (Lipinski definition) is 4. The maximum atomic E-state index is 14.5. The molecule has 2 aromatic heterocycles. The molecule has 1 aliphatic rings. The number of rotatable bonds is 4. The molecule has 1 aromatic carbocycles. The van der Waals surface area contributed by atoms with Crippen molar-refractivity contribution in [3.63, 3.8) is 0 Å². The van der Waals surface area contributed by atoms with Gasteiger partial charge in [0.25, 0.3) is 5.91 Å². The first-order valence-electron chi connectivity index (χ1n) is 9.31. The zero-order valence-electron chi connectivity index (χ0n) is 16.2. The van der Waals surface area contributed by atoms with E-state index < -0.39 is 17.5 Å². The van der Waals surface area contributed by atoms with E-state index in [-0.39, 0.29) is 11.3 Å². The lowest BCUT2D eigenvalue weighted by atomic mass is 9.92. The van der Waals surface area contributed by atoms with E-state index in [4.69, 9.17) is 5.73 Å². The average Bonchev–Trinajstić information content (AvgIpc) is 2.99. The third-order valence-corrected chi connectivity index (χ3v) is 5.38. The predicted octanol–water partition coefficient (Wildman–Crippen LogP) is 2.73. The van der Waals surface area contributed by atoms with Crippen molar-refractivity contribution in [1.29, 1.82) is 0 Å². The smallest absolute Gasteiger partial charge is 0.267 e. The predicted molar refractivity (Wildman–Crippen MR) is 104 cm³/mol. The highest BCUT2D eigenvalue weighted by molar-refractivity contribution is 5.92. The number of aryl methyl sites for hydroxylation is 2. The molecule has 0 saturated heterocycles. The van der Waals surface area contributed by atoms with Crippen LogP contribution >= 0.6 is 0 Å². The van der Waals surface area contributed by atoms with Crippen molar-refractivity contribution in [3.8, 4) is 11.1 Å². The number of primary amides is 1. The summed E-state index contributed by atoms with van der Waals surface area (Å²) in [4.78, 5) is 18.5. The van der Waals surface area contributed by atoms with Crippen LogP contribution in [0.1, 0.15) is 33.0 Å². The molecule has 0 saturated carbocycles. The SMILES string of the molecule is Cc1cnn(C)c1CN1CCc2c(-c3ccc(F)cc3F)cc(C(N)=O)nc2C1. The van der Waals surface area contributed by atoms with Gasteiger partial charge in [-0.15, -0.1) is 0 Å². The fourth-order valence-electron chi connectivity index (χ4n) is 3.82. The van der Waals surface area contributed by atoms with Gasteiger partial charge in [-0.05, 0) is 48.2 Å². The maximum Gasteiger partial charge on any atom is 0.267 e. The first kappa shape index (κ1) is 19.2. The summed E-state index contributed by atoms with van der Waals surface area (Å²) >= 11 is 0. The summed E-state index contributed by atoms with van der Waals surface area (Å²) in [7, 11) is 1.90. The molecule has 1 amide bonds. The first-order valence-corrected chi connectivity index (χ1v) is 9.31. The maximum absolute atomic E-state index is 14.5. The summed E-state index contributed by atoms with van der Waals surface area (Å²) in [6.07, 6.45) is 2.45. The Hall–Kier alpha value is -3.13. The van der Waals surface area contributed by atoms with Crippen LogP contribution in [0.15, 0.2) is 30.5 Å². The van der Waals surface area contributed by atoms with Gasteiger partial charge in [-0.25, -0.2) is 13.8 Å².